The number of fused-ring (bicyclic) bond motifs is 2. The molecule has 1 aliphatic carbocycles. The zero-order valence-electron chi connectivity index (χ0n) is 20.2. The molecule has 3 atom stereocenters. The van der Waals surface area contributed by atoms with E-state index >= 15 is 0 Å². The number of likely N-dealkylation sites (N-methyl/N-ethyl adjacent to an activating group) is 1. The molecule has 1 aromatic rings. The van der Waals surface area contributed by atoms with E-state index in [1.165, 1.54) is 5.57 Å². The van der Waals surface area contributed by atoms with Gasteiger partial charge in [0.15, 0.2) is 0 Å². The zero-order valence-corrected chi connectivity index (χ0v) is 20.2. The van der Waals surface area contributed by atoms with E-state index in [0.717, 1.165) is 35.8 Å². The molecule has 2 unspecified atom stereocenters. The summed E-state index contributed by atoms with van der Waals surface area (Å²) in [5.74, 6) is -0.738. The van der Waals surface area contributed by atoms with Crippen LogP contribution in [-0.4, -0.2) is 65.3 Å². The van der Waals surface area contributed by atoms with Crippen molar-refractivity contribution in [3.63, 3.8) is 0 Å². The Morgan fingerprint density at radius 3 is 2.67 bits per heavy atom. The monoisotopic (exact) mass is 506 g/mol. The van der Waals surface area contributed by atoms with Crippen molar-refractivity contribution >= 4 is 23.8 Å². The Kier molecular flexibility index (Phi) is 8.57. The van der Waals surface area contributed by atoms with Gasteiger partial charge >= 0.3 is 12.1 Å². The standard InChI is InChI=1S/C23H28N4O2.C2HF3O2/c1-15-11-25-23-18(13-24-15)10-17(12-26-23)8-9-22(28)27(3)14-21-16(2)19-6-4-5-7-20(19)29-21;3-2(4,5)1(6)7/h4-10,12,15,19-20,24H,11,13-14H2,1-3H3,(H,25,26);(H,6,7)/b9-8+;/t15-,19?,20?;/m0./s1. The van der Waals surface area contributed by atoms with Crippen molar-refractivity contribution in [2.75, 3.05) is 25.5 Å². The average molecular weight is 507 g/mol. The Labute approximate surface area is 207 Å². The highest BCUT2D eigenvalue weighted by Gasteiger charge is 2.38. The summed E-state index contributed by atoms with van der Waals surface area (Å²) < 4.78 is 37.8. The van der Waals surface area contributed by atoms with Crippen molar-refractivity contribution in [3.05, 3.63) is 65.1 Å². The topological polar surface area (TPSA) is 104 Å². The highest BCUT2D eigenvalue weighted by atomic mass is 19.4. The zero-order chi connectivity index (χ0) is 26.5. The van der Waals surface area contributed by atoms with E-state index in [2.05, 4.69) is 53.8 Å². The summed E-state index contributed by atoms with van der Waals surface area (Å²) in [6, 6.07) is 2.46. The van der Waals surface area contributed by atoms with Crippen LogP contribution < -0.4 is 10.6 Å². The molecule has 2 aliphatic heterocycles. The molecule has 1 aromatic heterocycles. The number of allylic oxidation sites excluding steroid dienone is 2. The molecule has 3 N–H and O–H groups in total. The maximum atomic E-state index is 12.6. The third kappa shape index (κ3) is 6.97. The first kappa shape index (κ1) is 27.0. The number of carboxylic acids is 1. The summed E-state index contributed by atoms with van der Waals surface area (Å²) in [4.78, 5) is 27.7. The molecular weight excluding hydrogens is 477 g/mol. The van der Waals surface area contributed by atoms with Crippen LogP contribution in [0.1, 0.15) is 25.0 Å². The van der Waals surface area contributed by atoms with Gasteiger partial charge in [0.2, 0.25) is 5.91 Å². The van der Waals surface area contributed by atoms with Crippen LogP contribution >= 0.6 is 0 Å². The summed E-state index contributed by atoms with van der Waals surface area (Å²) >= 11 is 0. The summed E-state index contributed by atoms with van der Waals surface area (Å²) in [7, 11) is 1.80. The van der Waals surface area contributed by atoms with Gasteiger partial charge in [0, 0.05) is 49.9 Å². The van der Waals surface area contributed by atoms with Gasteiger partial charge in [-0.25, -0.2) is 9.78 Å². The van der Waals surface area contributed by atoms with Gasteiger partial charge in [0.25, 0.3) is 0 Å². The first-order chi connectivity index (χ1) is 17.0. The summed E-state index contributed by atoms with van der Waals surface area (Å²) in [6.07, 6.45) is 8.48. The van der Waals surface area contributed by atoms with E-state index in [0.29, 0.717) is 12.6 Å². The number of hydrogen-bond donors (Lipinski definition) is 3. The van der Waals surface area contributed by atoms with Crippen LogP contribution in [0.2, 0.25) is 0 Å². The number of carbonyl (C=O) groups is 2. The molecule has 0 radical (unpaired) electrons. The van der Waals surface area contributed by atoms with E-state index < -0.39 is 12.1 Å². The molecule has 4 rings (SSSR count). The van der Waals surface area contributed by atoms with E-state index in [4.69, 9.17) is 14.6 Å². The number of pyridine rings is 1. The second kappa shape index (κ2) is 11.4. The summed E-state index contributed by atoms with van der Waals surface area (Å²) in [5.41, 5.74) is 3.22. The minimum Gasteiger partial charge on any atom is -0.488 e. The minimum atomic E-state index is -5.08. The molecule has 194 valence electrons. The number of carboxylic acid groups (broad SMARTS) is 1. The van der Waals surface area contributed by atoms with Crippen LogP contribution in [0.4, 0.5) is 19.0 Å². The molecule has 0 saturated heterocycles. The molecule has 8 nitrogen and oxygen atoms in total. The predicted molar refractivity (Wildman–Crippen MR) is 129 cm³/mol. The number of hydrogen-bond acceptors (Lipinski definition) is 6. The van der Waals surface area contributed by atoms with Crippen LogP contribution in [0.5, 0.6) is 0 Å². The molecule has 3 aliphatic rings. The van der Waals surface area contributed by atoms with Crippen molar-refractivity contribution in [2.45, 2.75) is 38.7 Å². The Hall–Kier alpha value is -3.60. The van der Waals surface area contributed by atoms with E-state index in [9.17, 15) is 18.0 Å². The molecular formula is C25H29F3N4O4. The second-order valence-electron chi connectivity index (χ2n) is 8.75. The van der Waals surface area contributed by atoms with Gasteiger partial charge in [-0.1, -0.05) is 18.2 Å². The molecule has 0 fully saturated rings. The number of carbonyl (C=O) groups excluding carboxylic acids is 1. The Bertz CT molecular complexity index is 1110. The number of amides is 1. The fourth-order valence-electron chi connectivity index (χ4n) is 3.80. The highest BCUT2D eigenvalue weighted by Crippen LogP contribution is 2.34. The van der Waals surface area contributed by atoms with Gasteiger partial charge < -0.3 is 25.4 Å². The predicted octanol–water partition coefficient (Wildman–Crippen LogP) is 3.51. The van der Waals surface area contributed by atoms with Crippen molar-refractivity contribution in [2.24, 2.45) is 5.92 Å². The van der Waals surface area contributed by atoms with Crippen molar-refractivity contribution < 1.29 is 32.6 Å². The number of aromatic nitrogens is 1. The number of nitrogens with zero attached hydrogens (tertiary/aromatic N) is 2. The number of ether oxygens (including phenoxy) is 1. The van der Waals surface area contributed by atoms with Gasteiger partial charge in [0.05, 0.1) is 6.54 Å². The Morgan fingerprint density at radius 2 is 2.00 bits per heavy atom. The normalized spacial score (nSPS) is 22.6. The first-order valence-electron chi connectivity index (χ1n) is 11.4. The largest absolute Gasteiger partial charge is 0.490 e. The maximum absolute atomic E-state index is 12.6. The summed E-state index contributed by atoms with van der Waals surface area (Å²) in [5, 5.41) is 13.9. The number of halogens is 3. The van der Waals surface area contributed by atoms with Crippen molar-refractivity contribution in [1.82, 2.24) is 15.2 Å². The Balaban J connectivity index is 0.000000454. The quantitative estimate of drug-likeness (QED) is 0.537. The lowest BCUT2D eigenvalue weighted by Gasteiger charge is -2.18. The number of aliphatic carboxylic acids is 1. The van der Waals surface area contributed by atoms with Crippen molar-refractivity contribution in [3.8, 4) is 0 Å². The highest BCUT2D eigenvalue weighted by molar-refractivity contribution is 5.91. The van der Waals surface area contributed by atoms with Gasteiger partial charge in [-0.2, -0.15) is 13.2 Å². The van der Waals surface area contributed by atoms with Crippen LogP contribution in [-0.2, 0) is 20.9 Å². The smallest absolute Gasteiger partial charge is 0.488 e. The lowest BCUT2D eigenvalue weighted by atomic mass is 9.92. The lowest BCUT2D eigenvalue weighted by molar-refractivity contribution is -0.192. The van der Waals surface area contributed by atoms with Gasteiger partial charge in [-0.05, 0) is 43.2 Å². The van der Waals surface area contributed by atoms with Crippen LogP contribution in [0, 0.1) is 5.92 Å². The van der Waals surface area contributed by atoms with Crippen LogP contribution in [0.25, 0.3) is 6.08 Å². The maximum Gasteiger partial charge on any atom is 0.490 e. The van der Waals surface area contributed by atoms with Crippen LogP contribution in [0.15, 0.2) is 54.0 Å². The van der Waals surface area contributed by atoms with Crippen LogP contribution in [0.3, 0.4) is 0 Å². The third-order valence-corrected chi connectivity index (χ3v) is 5.92. The third-order valence-electron chi connectivity index (χ3n) is 5.92. The van der Waals surface area contributed by atoms with Gasteiger partial charge in [-0.3, -0.25) is 4.79 Å². The minimum absolute atomic E-state index is 0.0598. The fourth-order valence-corrected chi connectivity index (χ4v) is 3.80. The molecule has 0 spiro atoms. The molecule has 36 heavy (non-hydrogen) atoms. The molecule has 1 amide bonds. The summed E-state index contributed by atoms with van der Waals surface area (Å²) in [6.45, 7) is 6.31. The fraction of sp³-hybridized carbons (Fsp3) is 0.400. The van der Waals surface area contributed by atoms with E-state index in [-0.39, 0.29) is 17.9 Å². The Morgan fingerprint density at radius 1 is 1.31 bits per heavy atom. The van der Waals surface area contributed by atoms with Gasteiger partial charge in [-0.15, -0.1) is 0 Å². The average Bonchev–Trinajstić information content (AvgIpc) is 3.02. The van der Waals surface area contributed by atoms with E-state index in [1.54, 1.807) is 24.2 Å². The number of rotatable bonds is 4. The number of anilines is 1. The molecule has 0 bridgehead atoms. The first-order valence-corrected chi connectivity index (χ1v) is 11.4. The SMILES string of the molecule is CC1=C(CN(C)C(=O)/C=C/c2cnc3c(c2)CN[C@@H](C)CN3)OC2C=CC=CC12.O=C(O)C(F)(F)F. The van der Waals surface area contributed by atoms with E-state index in [1.807, 2.05) is 12.2 Å². The molecule has 11 heteroatoms. The molecule has 0 aromatic carbocycles. The number of nitrogens with one attached hydrogen (secondary N) is 2. The number of alkyl halides is 3. The lowest BCUT2D eigenvalue weighted by Crippen LogP contribution is -2.29. The molecule has 3 heterocycles. The van der Waals surface area contributed by atoms with Gasteiger partial charge in [0.1, 0.15) is 17.7 Å². The van der Waals surface area contributed by atoms with Crippen molar-refractivity contribution in [1.29, 1.82) is 0 Å². The second-order valence-corrected chi connectivity index (χ2v) is 8.75. The molecule has 0 saturated carbocycles.